The maximum atomic E-state index is 12.1. The zero-order valence-electron chi connectivity index (χ0n) is 8.50. The predicted molar refractivity (Wildman–Crippen MR) is 65.4 cm³/mol. The van der Waals surface area contributed by atoms with Gasteiger partial charge >= 0.3 is 0 Å². The SMILES string of the molecule is CCN(C(=O)c1csc(Br)c1)C1CNC1. The van der Waals surface area contributed by atoms with Gasteiger partial charge in [0.05, 0.1) is 15.4 Å². The Kier molecular flexibility index (Phi) is 3.43. The number of thiophene rings is 1. The van der Waals surface area contributed by atoms with Crippen molar-refractivity contribution in [3.63, 3.8) is 0 Å². The van der Waals surface area contributed by atoms with Crippen LogP contribution in [-0.4, -0.2) is 36.5 Å². The van der Waals surface area contributed by atoms with E-state index in [-0.39, 0.29) is 5.91 Å². The molecule has 5 heteroatoms. The molecule has 1 aliphatic heterocycles. The Hall–Kier alpha value is -0.390. The van der Waals surface area contributed by atoms with Crippen LogP contribution in [0.2, 0.25) is 0 Å². The van der Waals surface area contributed by atoms with Gasteiger partial charge in [0.1, 0.15) is 0 Å². The first-order chi connectivity index (χ1) is 7.22. The monoisotopic (exact) mass is 288 g/mol. The van der Waals surface area contributed by atoms with Gasteiger partial charge < -0.3 is 10.2 Å². The molecule has 1 aromatic heterocycles. The standard InChI is InChI=1S/C10H13BrN2OS/c1-2-13(8-4-12-5-8)10(14)7-3-9(11)15-6-7/h3,6,8,12H,2,4-5H2,1H3. The molecule has 3 nitrogen and oxygen atoms in total. The molecule has 2 rings (SSSR count). The van der Waals surface area contributed by atoms with Crippen LogP contribution in [0.4, 0.5) is 0 Å². The molecular weight excluding hydrogens is 276 g/mol. The smallest absolute Gasteiger partial charge is 0.255 e. The summed E-state index contributed by atoms with van der Waals surface area (Å²) in [4.78, 5) is 14.0. The van der Waals surface area contributed by atoms with Crippen LogP contribution >= 0.6 is 27.3 Å². The molecule has 0 bridgehead atoms. The quantitative estimate of drug-likeness (QED) is 0.922. The second kappa shape index (κ2) is 4.63. The first kappa shape index (κ1) is 11.1. The summed E-state index contributed by atoms with van der Waals surface area (Å²) in [7, 11) is 0. The summed E-state index contributed by atoms with van der Waals surface area (Å²) in [5.74, 6) is 0.144. The molecular formula is C10H13BrN2OS. The van der Waals surface area contributed by atoms with Crippen molar-refractivity contribution in [2.45, 2.75) is 13.0 Å². The third kappa shape index (κ3) is 2.24. The highest BCUT2D eigenvalue weighted by Crippen LogP contribution is 2.22. The van der Waals surface area contributed by atoms with E-state index in [0.29, 0.717) is 6.04 Å². The predicted octanol–water partition coefficient (Wildman–Crippen LogP) is 1.94. The number of hydrogen-bond donors (Lipinski definition) is 1. The highest BCUT2D eigenvalue weighted by Gasteiger charge is 2.28. The maximum absolute atomic E-state index is 12.1. The summed E-state index contributed by atoms with van der Waals surface area (Å²) in [6.07, 6.45) is 0. The molecule has 0 saturated carbocycles. The van der Waals surface area contributed by atoms with Gasteiger partial charge in [-0.15, -0.1) is 11.3 Å². The summed E-state index contributed by atoms with van der Waals surface area (Å²) in [5, 5.41) is 5.09. The molecule has 1 N–H and O–H groups in total. The first-order valence-corrected chi connectivity index (χ1v) is 6.65. The number of nitrogens with zero attached hydrogens (tertiary/aromatic N) is 1. The second-order valence-corrected chi connectivity index (χ2v) is 5.83. The average Bonchev–Trinajstić information content (AvgIpc) is 2.57. The molecule has 0 aromatic carbocycles. The highest BCUT2D eigenvalue weighted by atomic mass is 79.9. The van der Waals surface area contributed by atoms with Crippen molar-refractivity contribution in [1.82, 2.24) is 10.2 Å². The van der Waals surface area contributed by atoms with Crippen molar-refractivity contribution in [3.05, 3.63) is 20.8 Å². The molecule has 0 radical (unpaired) electrons. The van der Waals surface area contributed by atoms with Gasteiger partial charge in [-0.1, -0.05) is 0 Å². The minimum absolute atomic E-state index is 0.144. The van der Waals surface area contributed by atoms with Crippen molar-refractivity contribution in [1.29, 1.82) is 0 Å². The number of hydrogen-bond acceptors (Lipinski definition) is 3. The Morgan fingerprint density at radius 3 is 2.87 bits per heavy atom. The van der Waals surface area contributed by atoms with Gasteiger partial charge in [0.25, 0.3) is 5.91 Å². The highest BCUT2D eigenvalue weighted by molar-refractivity contribution is 9.11. The summed E-state index contributed by atoms with van der Waals surface area (Å²) >= 11 is 4.93. The molecule has 0 spiro atoms. The van der Waals surface area contributed by atoms with Gasteiger partial charge in [-0.3, -0.25) is 4.79 Å². The van der Waals surface area contributed by atoms with Gasteiger partial charge in [-0.2, -0.15) is 0 Å². The van der Waals surface area contributed by atoms with Crippen LogP contribution in [0.3, 0.4) is 0 Å². The van der Waals surface area contributed by atoms with Crippen LogP contribution in [0.25, 0.3) is 0 Å². The molecule has 15 heavy (non-hydrogen) atoms. The molecule has 82 valence electrons. The third-order valence-electron chi connectivity index (χ3n) is 2.62. The Morgan fingerprint density at radius 2 is 2.47 bits per heavy atom. The fourth-order valence-corrected chi connectivity index (χ4v) is 2.78. The van der Waals surface area contributed by atoms with Crippen LogP contribution < -0.4 is 5.32 Å². The summed E-state index contributed by atoms with van der Waals surface area (Å²) < 4.78 is 1.01. The lowest BCUT2D eigenvalue weighted by atomic mass is 10.1. The molecule has 2 heterocycles. The van der Waals surface area contributed by atoms with E-state index < -0.39 is 0 Å². The van der Waals surface area contributed by atoms with E-state index >= 15 is 0 Å². The molecule has 0 unspecified atom stereocenters. The van der Waals surface area contributed by atoms with Gasteiger partial charge in [0.2, 0.25) is 0 Å². The van der Waals surface area contributed by atoms with Crippen LogP contribution in [0.5, 0.6) is 0 Å². The molecule has 1 amide bonds. The zero-order chi connectivity index (χ0) is 10.8. The van der Waals surface area contributed by atoms with Crippen molar-refractivity contribution in [2.75, 3.05) is 19.6 Å². The maximum Gasteiger partial charge on any atom is 0.255 e. The number of rotatable bonds is 3. The minimum atomic E-state index is 0.144. The first-order valence-electron chi connectivity index (χ1n) is 4.98. The lowest BCUT2D eigenvalue weighted by molar-refractivity contribution is 0.0631. The molecule has 1 aromatic rings. The fourth-order valence-electron chi connectivity index (χ4n) is 1.65. The van der Waals surface area contributed by atoms with E-state index in [9.17, 15) is 4.79 Å². The van der Waals surface area contributed by atoms with Crippen LogP contribution in [0.15, 0.2) is 15.2 Å². The van der Waals surface area contributed by atoms with Crippen LogP contribution in [0, 0.1) is 0 Å². The summed E-state index contributed by atoms with van der Waals surface area (Å²) in [5.41, 5.74) is 0.792. The number of amides is 1. The van der Waals surface area contributed by atoms with Crippen molar-refractivity contribution >= 4 is 33.2 Å². The van der Waals surface area contributed by atoms with Crippen molar-refractivity contribution in [2.24, 2.45) is 0 Å². The van der Waals surface area contributed by atoms with E-state index in [1.165, 1.54) is 0 Å². The number of carbonyl (C=O) groups excluding carboxylic acids is 1. The number of likely N-dealkylation sites (N-methyl/N-ethyl adjacent to an activating group) is 1. The zero-order valence-corrected chi connectivity index (χ0v) is 10.9. The topological polar surface area (TPSA) is 32.3 Å². The van der Waals surface area contributed by atoms with Gasteiger partial charge in [0.15, 0.2) is 0 Å². The van der Waals surface area contributed by atoms with E-state index in [1.54, 1.807) is 11.3 Å². The average molecular weight is 289 g/mol. The summed E-state index contributed by atoms with van der Waals surface area (Å²) in [6.45, 7) is 4.64. The van der Waals surface area contributed by atoms with E-state index in [0.717, 1.165) is 29.0 Å². The molecule has 0 atom stereocenters. The molecule has 1 saturated heterocycles. The Bertz CT molecular complexity index is 362. The lowest BCUT2D eigenvalue weighted by Gasteiger charge is -2.37. The van der Waals surface area contributed by atoms with Crippen molar-refractivity contribution in [3.8, 4) is 0 Å². The fraction of sp³-hybridized carbons (Fsp3) is 0.500. The Balaban J connectivity index is 2.10. The number of carbonyl (C=O) groups is 1. The van der Waals surface area contributed by atoms with Crippen LogP contribution in [0.1, 0.15) is 17.3 Å². The minimum Gasteiger partial charge on any atom is -0.333 e. The number of halogens is 1. The molecule has 1 fully saturated rings. The largest absolute Gasteiger partial charge is 0.333 e. The normalized spacial score (nSPS) is 16.1. The number of nitrogens with one attached hydrogen (secondary N) is 1. The third-order valence-corrected chi connectivity index (χ3v) is 4.12. The van der Waals surface area contributed by atoms with Gasteiger partial charge in [-0.25, -0.2) is 0 Å². The Morgan fingerprint density at radius 1 is 1.73 bits per heavy atom. The van der Waals surface area contributed by atoms with E-state index in [2.05, 4.69) is 21.2 Å². The van der Waals surface area contributed by atoms with E-state index in [4.69, 9.17) is 0 Å². The van der Waals surface area contributed by atoms with Crippen molar-refractivity contribution < 1.29 is 4.79 Å². The van der Waals surface area contributed by atoms with Crippen LogP contribution in [-0.2, 0) is 0 Å². The molecule has 0 aliphatic carbocycles. The second-order valence-electron chi connectivity index (χ2n) is 3.54. The summed E-state index contributed by atoms with van der Waals surface area (Å²) in [6, 6.07) is 2.27. The van der Waals surface area contributed by atoms with E-state index in [1.807, 2.05) is 23.3 Å². The molecule has 1 aliphatic rings. The lowest BCUT2D eigenvalue weighted by Crippen LogP contribution is -2.58. The van der Waals surface area contributed by atoms with Gasteiger partial charge in [-0.05, 0) is 28.9 Å². The Labute approximate surface area is 102 Å². The van der Waals surface area contributed by atoms with Gasteiger partial charge in [0, 0.05) is 25.0 Å².